The number of rotatable bonds is 4. The Morgan fingerprint density at radius 3 is 2.64 bits per heavy atom. The van der Waals surface area contributed by atoms with Crippen LogP contribution < -0.4 is 11.9 Å². The molecule has 5 nitrogen and oxygen atoms in total. The maximum atomic E-state index is 10.1. The molecule has 0 fully saturated rings. The van der Waals surface area contributed by atoms with Crippen molar-refractivity contribution in [1.82, 2.24) is 6.15 Å². The van der Waals surface area contributed by atoms with Gasteiger partial charge < -0.3 is 11.9 Å². The first-order chi connectivity index (χ1) is 4.66. The Labute approximate surface area is 66.7 Å². The van der Waals surface area contributed by atoms with Crippen LogP contribution in [0, 0.1) is 11.3 Å². The third kappa shape index (κ3) is 9.47. The lowest BCUT2D eigenvalue weighted by Gasteiger charge is -1.94. The minimum atomic E-state index is -2.05. The average molecular weight is 178 g/mol. The maximum Gasteiger partial charge on any atom is 0.505 e. The van der Waals surface area contributed by atoms with Gasteiger partial charge in [0.25, 0.3) is 0 Å². The Morgan fingerprint density at radius 2 is 2.27 bits per heavy atom. The van der Waals surface area contributed by atoms with Gasteiger partial charge in [0.2, 0.25) is 0 Å². The van der Waals surface area contributed by atoms with Crippen molar-refractivity contribution in [1.29, 1.82) is 5.26 Å². The molecule has 0 aliphatic carbocycles. The van der Waals surface area contributed by atoms with Crippen molar-refractivity contribution in [2.45, 2.75) is 18.9 Å². The Kier molecular flexibility index (Phi) is 9.01. The Balaban J connectivity index is 0. The molecule has 0 amide bonds. The largest absolute Gasteiger partial charge is 0.505 e. The highest BCUT2D eigenvalue weighted by Gasteiger charge is 2.10. The van der Waals surface area contributed by atoms with Crippen LogP contribution in [-0.4, -0.2) is 17.1 Å². The van der Waals surface area contributed by atoms with Gasteiger partial charge in [-0.05, 0) is 17.4 Å². The Morgan fingerprint density at radius 1 is 1.73 bits per heavy atom. The van der Waals surface area contributed by atoms with Crippen LogP contribution in [0.5, 0.6) is 0 Å². The fraction of sp³-hybridized carbons (Fsp3) is 0.800. The summed E-state index contributed by atoms with van der Waals surface area (Å²) in [5.41, 5.74) is 5.22. The van der Waals surface area contributed by atoms with Crippen LogP contribution >= 0.6 is 8.03 Å². The monoisotopic (exact) mass is 178 g/mol. The molecule has 0 spiro atoms. The van der Waals surface area contributed by atoms with E-state index in [1.165, 1.54) is 0 Å². The lowest BCUT2D eigenvalue weighted by Crippen LogP contribution is -2.16. The van der Waals surface area contributed by atoms with Crippen molar-refractivity contribution in [3.8, 4) is 6.07 Å². The predicted molar refractivity (Wildman–Crippen MR) is 42.5 cm³/mol. The molecule has 0 radical (unpaired) electrons. The summed E-state index contributed by atoms with van der Waals surface area (Å²) >= 11 is 0. The van der Waals surface area contributed by atoms with Crippen molar-refractivity contribution in [3.05, 3.63) is 0 Å². The maximum absolute atomic E-state index is 10.1. The lowest BCUT2D eigenvalue weighted by molar-refractivity contribution is 0.499. The molecule has 2 unspecified atom stereocenters. The van der Waals surface area contributed by atoms with Crippen LogP contribution in [0.2, 0.25) is 0 Å². The smallest absolute Gasteiger partial charge is 0.344 e. The van der Waals surface area contributed by atoms with E-state index in [-0.39, 0.29) is 12.3 Å². The van der Waals surface area contributed by atoms with E-state index in [1.54, 1.807) is 0 Å². The molecule has 0 aromatic carbocycles. The van der Waals surface area contributed by atoms with Gasteiger partial charge in [-0.25, -0.2) is 0 Å². The van der Waals surface area contributed by atoms with Gasteiger partial charge >= 0.3 is 8.03 Å². The summed E-state index contributed by atoms with van der Waals surface area (Å²) in [6, 6.07) is 1.35. The standard InChI is InChI=1S/C5H9N2O2P.H3N/c6-4-5(7)2-1-3-10(8)9;/h5H,1-3,7H2;1H3/p+1. The summed E-state index contributed by atoms with van der Waals surface area (Å²) in [5.74, 6) is 0. The summed E-state index contributed by atoms with van der Waals surface area (Å²) in [6.07, 6.45) is 1.28. The normalized spacial score (nSPS) is 12.6. The molecule has 0 aliphatic rings. The number of nitrogens with two attached hydrogens (primary N) is 1. The second-order valence-electron chi connectivity index (χ2n) is 1.95. The van der Waals surface area contributed by atoms with E-state index in [0.29, 0.717) is 12.8 Å². The molecule has 0 rings (SSSR count). The zero-order valence-corrected chi connectivity index (χ0v) is 7.13. The Hall–Kier alpha value is -0.530. The molecule has 64 valence electrons. The van der Waals surface area contributed by atoms with Crippen LogP contribution in [0.4, 0.5) is 0 Å². The first-order valence-corrected chi connectivity index (χ1v) is 4.35. The summed E-state index contributed by atoms with van der Waals surface area (Å²) < 4.78 is 10.1. The highest BCUT2D eigenvalue weighted by molar-refractivity contribution is 7.37. The quantitative estimate of drug-likeness (QED) is 0.541. The van der Waals surface area contributed by atoms with Crippen molar-refractivity contribution < 1.29 is 9.46 Å². The molecule has 0 aliphatic heterocycles. The van der Waals surface area contributed by atoms with Crippen LogP contribution in [0.15, 0.2) is 0 Å². The minimum Gasteiger partial charge on any atom is -0.344 e. The fourth-order valence-electron chi connectivity index (χ4n) is 0.511. The van der Waals surface area contributed by atoms with Crippen LogP contribution in [0.3, 0.4) is 0 Å². The van der Waals surface area contributed by atoms with Gasteiger partial charge in [-0.1, -0.05) is 0 Å². The van der Waals surface area contributed by atoms with Gasteiger partial charge in [-0.3, -0.25) is 0 Å². The molecule has 0 heterocycles. The molecule has 11 heavy (non-hydrogen) atoms. The van der Waals surface area contributed by atoms with E-state index in [0.717, 1.165) is 0 Å². The molecule has 2 atom stereocenters. The van der Waals surface area contributed by atoms with Gasteiger partial charge in [-0.2, -0.15) is 10.2 Å². The molecular formula is C5H13N3O2P+. The predicted octanol–water partition coefficient (Wildman–Crippen LogP) is 0.514. The summed E-state index contributed by atoms with van der Waals surface area (Å²) in [6.45, 7) is 0. The number of nitrogens with zero attached hydrogens (tertiary/aromatic N) is 1. The third-order valence-electron chi connectivity index (χ3n) is 1.03. The van der Waals surface area contributed by atoms with E-state index in [2.05, 4.69) is 0 Å². The van der Waals surface area contributed by atoms with E-state index in [4.69, 9.17) is 15.9 Å². The topological polar surface area (TPSA) is 122 Å². The molecule has 0 saturated carbocycles. The summed E-state index contributed by atoms with van der Waals surface area (Å²) in [5, 5.41) is 8.19. The molecule has 6 N–H and O–H groups in total. The summed E-state index contributed by atoms with van der Waals surface area (Å²) in [4.78, 5) is 8.32. The van der Waals surface area contributed by atoms with E-state index in [9.17, 15) is 4.57 Å². The van der Waals surface area contributed by atoms with E-state index in [1.807, 2.05) is 6.07 Å². The van der Waals surface area contributed by atoms with Gasteiger partial charge in [0.05, 0.1) is 12.1 Å². The Bertz CT molecular complexity index is 156. The van der Waals surface area contributed by atoms with Gasteiger partial charge in [0.15, 0.2) is 6.16 Å². The highest BCUT2D eigenvalue weighted by atomic mass is 31.1. The lowest BCUT2D eigenvalue weighted by atomic mass is 10.2. The van der Waals surface area contributed by atoms with E-state index >= 15 is 0 Å². The summed E-state index contributed by atoms with van der Waals surface area (Å²) in [7, 11) is -2.05. The zero-order valence-electron chi connectivity index (χ0n) is 6.23. The van der Waals surface area contributed by atoms with Crippen molar-refractivity contribution in [2.75, 3.05) is 6.16 Å². The number of hydrogen-bond acceptors (Lipinski definition) is 4. The number of hydrogen-bond donors (Lipinski definition) is 3. The van der Waals surface area contributed by atoms with E-state index < -0.39 is 14.1 Å². The minimum absolute atomic E-state index is 0. The second kappa shape index (κ2) is 7.58. The average Bonchev–Trinajstić information content (AvgIpc) is 1.87. The highest BCUT2D eigenvalue weighted by Crippen LogP contribution is 2.14. The van der Waals surface area contributed by atoms with Crippen LogP contribution in [0.25, 0.3) is 0 Å². The van der Waals surface area contributed by atoms with Gasteiger partial charge in [0, 0.05) is 0 Å². The van der Waals surface area contributed by atoms with Gasteiger partial charge in [0.1, 0.15) is 0 Å². The molecule has 6 heteroatoms. The first-order valence-electron chi connectivity index (χ1n) is 2.95. The zero-order chi connectivity index (χ0) is 7.98. The van der Waals surface area contributed by atoms with Gasteiger partial charge in [-0.15, -0.1) is 0 Å². The molecule has 0 saturated heterocycles. The van der Waals surface area contributed by atoms with Crippen molar-refractivity contribution >= 4 is 8.03 Å². The van der Waals surface area contributed by atoms with Crippen LogP contribution in [0.1, 0.15) is 12.8 Å². The fourth-order valence-corrected chi connectivity index (χ4v) is 0.964. The van der Waals surface area contributed by atoms with Crippen molar-refractivity contribution in [2.24, 2.45) is 5.73 Å². The van der Waals surface area contributed by atoms with Crippen molar-refractivity contribution in [3.63, 3.8) is 0 Å². The SMILES string of the molecule is N.N#CC(N)CCC[P+](=O)O. The first kappa shape index (κ1) is 13.1. The molecule has 0 aromatic rings. The number of nitriles is 1. The molecular weight excluding hydrogens is 165 g/mol. The third-order valence-corrected chi connectivity index (χ3v) is 1.73. The molecule has 0 aromatic heterocycles. The second-order valence-corrected chi connectivity index (χ2v) is 3.11. The van der Waals surface area contributed by atoms with Crippen LogP contribution in [-0.2, 0) is 4.57 Å². The molecule has 0 bridgehead atoms.